The van der Waals surface area contributed by atoms with Crippen LogP contribution in [0.4, 0.5) is 0 Å². The molecule has 3 rings (SSSR count). The summed E-state index contributed by atoms with van der Waals surface area (Å²) in [6, 6.07) is 3.74. The maximum absolute atomic E-state index is 12.5. The third kappa shape index (κ3) is 2.41. The molecule has 0 aromatic carbocycles. The monoisotopic (exact) mass is 266 g/mol. The second-order valence-corrected chi connectivity index (χ2v) is 4.74. The van der Waals surface area contributed by atoms with Crippen LogP contribution in [0, 0.1) is 12.3 Å². The summed E-state index contributed by atoms with van der Waals surface area (Å²) >= 11 is 0. The normalized spacial score (nSPS) is 13.8. The first kappa shape index (κ1) is 12.4. The number of carbonyl (C=O) groups excluding carboxylic acids is 1. The quantitative estimate of drug-likeness (QED) is 0.857. The number of rotatable bonds is 4. The molecule has 1 fully saturated rings. The summed E-state index contributed by atoms with van der Waals surface area (Å²) in [5.74, 6) is 3.16. The Hall–Kier alpha value is -2.61. The van der Waals surface area contributed by atoms with Gasteiger partial charge in [0.15, 0.2) is 5.82 Å². The fraction of sp³-hybridized carbons (Fsp3) is 0.267. The van der Waals surface area contributed by atoms with Crippen LogP contribution in [0.1, 0.15) is 23.2 Å². The number of amides is 1. The van der Waals surface area contributed by atoms with E-state index < -0.39 is 0 Å². The molecule has 2 heterocycles. The van der Waals surface area contributed by atoms with Gasteiger partial charge in [-0.3, -0.25) is 9.78 Å². The molecule has 100 valence electrons. The van der Waals surface area contributed by atoms with E-state index >= 15 is 0 Å². The standard InChI is InChI=1S/C15H14N4O/c1-2-9-19(12-3-4-12)15(20)11-5-6-16-13(10-11)14-17-7-8-18-14/h1,5-8,10,12H,3-4,9H2,(H,17,18). The van der Waals surface area contributed by atoms with Crippen molar-refractivity contribution in [2.24, 2.45) is 0 Å². The van der Waals surface area contributed by atoms with Gasteiger partial charge in [-0.1, -0.05) is 5.92 Å². The Morgan fingerprint density at radius 1 is 1.45 bits per heavy atom. The summed E-state index contributed by atoms with van der Waals surface area (Å²) in [5.41, 5.74) is 1.24. The van der Waals surface area contributed by atoms with Gasteiger partial charge in [-0.2, -0.15) is 0 Å². The Labute approximate surface area is 117 Å². The molecular weight excluding hydrogens is 252 g/mol. The Balaban J connectivity index is 1.88. The number of hydrogen-bond acceptors (Lipinski definition) is 3. The minimum atomic E-state index is -0.0411. The molecule has 0 atom stereocenters. The van der Waals surface area contributed by atoms with Crippen molar-refractivity contribution in [3.05, 3.63) is 36.3 Å². The molecular formula is C15H14N4O. The molecule has 0 aliphatic heterocycles. The summed E-state index contributed by atoms with van der Waals surface area (Å²) in [6.45, 7) is 0.349. The molecule has 1 N–H and O–H groups in total. The number of pyridine rings is 1. The number of aromatic amines is 1. The number of carbonyl (C=O) groups is 1. The molecule has 5 nitrogen and oxygen atoms in total. The van der Waals surface area contributed by atoms with Gasteiger partial charge in [0, 0.05) is 30.2 Å². The van der Waals surface area contributed by atoms with E-state index in [1.807, 2.05) is 0 Å². The number of nitrogens with zero attached hydrogens (tertiary/aromatic N) is 3. The Morgan fingerprint density at radius 2 is 2.30 bits per heavy atom. The summed E-state index contributed by atoms with van der Waals surface area (Å²) in [4.78, 5) is 25.6. The Bertz CT molecular complexity index is 653. The van der Waals surface area contributed by atoms with Crippen molar-refractivity contribution in [2.45, 2.75) is 18.9 Å². The lowest BCUT2D eigenvalue weighted by atomic mass is 10.2. The average Bonchev–Trinajstić information content (AvgIpc) is 3.17. The van der Waals surface area contributed by atoms with Gasteiger partial charge in [-0.15, -0.1) is 6.42 Å². The largest absolute Gasteiger partial charge is 0.343 e. The molecule has 0 spiro atoms. The zero-order chi connectivity index (χ0) is 13.9. The van der Waals surface area contributed by atoms with Crippen molar-refractivity contribution in [3.8, 4) is 23.9 Å². The molecule has 5 heteroatoms. The predicted molar refractivity (Wildman–Crippen MR) is 74.7 cm³/mol. The molecule has 0 saturated heterocycles. The first-order valence-corrected chi connectivity index (χ1v) is 6.50. The van der Waals surface area contributed by atoms with Crippen molar-refractivity contribution < 1.29 is 4.79 Å². The summed E-state index contributed by atoms with van der Waals surface area (Å²) in [7, 11) is 0. The molecule has 1 amide bonds. The fourth-order valence-corrected chi connectivity index (χ4v) is 2.12. The number of imidazole rings is 1. The maximum Gasteiger partial charge on any atom is 0.255 e. The highest BCUT2D eigenvalue weighted by Gasteiger charge is 2.32. The second kappa shape index (κ2) is 5.17. The van der Waals surface area contributed by atoms with Crippen molar-refractivity contribution in [3.63, 3.8) is 0 Å². The number of nitrogens with one attached hydrogen (secondary N) is 1. The third-order valence-electron chi connectivity index (χ3n) is 3.26. The minimum absolute atomic E-state index is 0.0411. The highest BCUT2D eigenvalue weighted by Crippen LogP contribution is 2.28. The number of terminal acetylenes is 1. The van der Waals surface area contributed by atoms with Crippen molar-refractivity contribution in [1.82, 2.24) is 19.9 Å². The predicted octanol–water partition coefficient (Wildman–Crippen LogP) is 1.71. The summed E-state index contributed by atoms with van der Waals surface area (Å²) in [5, 5.41) is 0. The Morgan fingerprint density at radius 3 is 2.95 bits per heavy atom. The van der Waals surface area contributed by atoms with E-state index in [1.165, 1.54) is 0 Å². The molecule has 0 bridgehead atoms. The molecule has 2 aromatic rings. The lowest BCUT2D eigenvalue weighted by Crippen LogP contribution is -2.33. The molecule has 20 heavy (non-hydrogen) atoms. The van der Waals surface area contributed by atoms with Crippen LogP contribution in [0.3, 0.4) is 0 Å². The topological polar surface area (TPSA) is 61.9 Å². The van der Waals surface area contributed by atoms with E-state index in [4.69, 9.17) is 6.42 Å². The molecule has 0 unspecified atom stereocenters. The van der Waals surface area contributed by atoms with E-state index in [9.17, 15) is 4.79 Å². The number of H-pyrrole nitrogens is 1. The zero-order valence-corrected chi connectivity index (χ0v) is 10.9. The van der Waals surface area contributed by atoms with Crippen molar-refractivity contribution in [1.29, 1.82) is 0 Å². The smallest absolute Gasteiger partial charge is 0.255 e. The van der Waals surface area contributed by atoms with Gasteiger partial charge in [0.2, 0.25) is 0 Å². The van der Waals surface area contributed by atoms with Gasteiger partial charge in [0.05, 0.1) is 6.54 Å². The van der Waals surface area contributed by atoms with Crippen LogP contribution in [0.5, 0.6) is 0 Å². The van der Waals surface area contributed by atoms with Gasteiger partial charge in [-0.25, -0.2) is 4.98 Å². The van der Waals surface area contributed by atoms with Gasteiger partial charge in [0.25, 0.3) is 5.91 Å². The van der Waals surface area contributed by atoms with Crippen molar-refractivity contribution >= 4 is 5.91 Å². The minimum Gasteiger partial charge on any atom is -0.343 e. The van der Waals surface area contributed by atoms with Crippen LogP contribution in [0.2, 0.25) is 0 Å². The van der Waals surface area contributed by atoms with E-state index in [0.29, 0.717) is 29.7 Å². The van der Waals surface area contributed by atoms with Crippen LogP contribution in [-0.4, -0.2) is 38.3 Å². The Kier molecular flexibility index (Phi) is 3.21. The van der Waals surface area contributed by atoms with Gasteiger partial charge in [-0.05, 0) is 25.0 Å². The van der Waals surface area contributed by atoms with Crippen molar-refractivity contribution in [2.75, 3.05) is 6.54 Å². The van der Waals surface area contributed by atoms with Crippen LogP contribution < -0.4 is 0 Å². The summed E-state index contributed by atoms with van der Waals surface area (Å²) in [6.07, 6.45) is 12.4. The molecule has 1 saturated carbocycles. The third-order valence-corrected chi connectivity index (χ3v) is 3.26. The lowest BCUT2D eigenvalue weighted by molar-refractivity contribution is 0.0765. The average molecular weight is 266 g/mol. The van der Waals surface area contributed by atoms with Crippen LogP contribution in [-0.2, 0) is 0 Å². The highest BCUT2D eigenvalue weighted by molar-refractivity contribution is 5.95. The lowest BCUT2D eigenvalue weighted by Gasteiger charge is -2.19. The molecule has 0 radical (unpaired) electrons. The summed E-state index contributed by atoms with van der Waals surface area (Å²) < 4.78 is 0. The molecule has 1 aliphatic rings. The first-order valence-electron chi connectivity index (χ1n) is 6.50. The van der Waals surface area contributed by atoms with Crippen LogP contribution in [0.25, 0.3) is 11.5 Å². The highest BCUT2D eigenvalue weighted by atomic mass is 16.2. The fourth-order valence-electron chi connectivity index (χ4n) is 2.12. The van der Waals surface area contributed by atoms with E-state index in [-0.39, 0.29) is 5.91 Å². The maximum atomic E-state index is 12.5. The zero-order valence-electron chi connectivity index (χ0n) is 10.9. The number of aromatic nitrogens is 3. The van der Waals surface area contributed by atoms with E-state index in [2.05, 4.69) is 20.9 Å². The van der Waals surface area contributed by atoms with Gasteiger partial charge >= 0.3 is 0 Å². The van der Waals surface area contributed by atoms with Gasteiger partial charge in [0.1, 0.15) is 5.69 Å². The molecule has 1 aliphatic carbocycles. The van der Waals surface area contributed by atoms with E-state index in [1.54, 1.807) is 35.6 Å². The first-order chi connectivity index (χ1) is 9.79. The number of hydrogen-bond donors (Lipinski definition) is 1. The van der Waals surface area contributed by atoms with E-state index in [0.717, 1.165) is 12.8 Å². The van der Waals surface area contributed by atoms with Crippen LogP contribution >= 0.6 is 0 Å². The SMILES string of the molecule is C#CCN(C(=O)c1ccnc(-c2ncc[nH]2)c1)C1CC1. The van der Waals surface area contributed by atoms with Crippen LogP contribution in [0.15, 0.2) is 30.7 Å². The molecule has 2 aromatic heterocycles. The second-order valence-electron chi connectivity index (χ2n) is 4.74. The van der Waals surface area contributed by atoms with Gasteiger partial charge < -0.3 is 9.88 Å².